The van der Waals surface area contributed by atoms with Gasteiger partial charge in [-0.05, 0) is 36.6 Å². The van der Waals surface area contributed by atoms with E-state index in [-0.39, 0.29) is 0 Å². The van der Waals surface area contributed by atoms with Gasteiger partial charge in [-0.25, -0.2) is 4.79 Å². The summed E-state index contributed by atoms with van der Waals surface area (Å²) in [5.74, 6) is -0.912. The lowest BCUT2D eigenvalue weighted by Gasteiger charge is -2.19. The van der Waals surface area contributed by atoms with Gasteiger partial charge >= 0.3 is 5.97 Å². The van der Waals surface area contributed by atoms with Crippen molar-refractivity contribution in [1.82, 2.24) is 4.90 Å². The molecule has 1 N–H and O–H groups in total. The van der Waals surface area contributed by atoms with Crippen molar-refractivity contribution in [2.75, 3.05) is 6.54 Å². The Morgan fingerprint density at radius 3 is 2.56 bits per heavy atom. The van der Waals surface area contributed by atoms with E-state index in [4.69, 9.17) is 5.11 Å². The number of carboxylic acids is 1. The van der Waals surface area contributed by atoms with Crippen LogP contribution >= 0.6 is 0 Å². The second-order valence-electron chi connectivity index (χ2n) is 4.71. The van der Waals surface area contributed by atoms with Crippen LogP contribution in [0.5, 0.6) is 0 Å². The molecule has 0 saturated heterocycles. The van der Waals surface area contributed by atoms with E-state index >= 15 is 0 Å². The summed E-state index contributed by atoms with van der Waals surface area (Å²) >= 11 is 0. The van der Waals surface area contributed by atoms with Gasteiger partial charge in [0.25, 0.3) is 0 Å². The Bertz CT molecular complexity index is 432. The summed E-state index contributed by atoms with van der Waals surface area (Å²) in [5, 5.41) is 8.55. The fourth-order valence-corrected chi connectivity index (χ4v) is 2.07. The summed E-state index contributed by atoms with van der Waals surface area (Å²) in [6, 6.07) is 8.87. The Hall–Kier alpha value is -1.61. The van der Waals surface area contributed by atoms with E-state index in [0.717, 1.165) is 30.8 Å². The first kappa shape index (κ1) is 12.8. The third-order valence-electron chi connectivity index (χ3n) is 3.25. The Morgan fingerprint density at radius 2 is 2.06 bits per heavy atom. The van der Waals surface area contributed by atoms with Crippen LogP contribution in [0.2, 0.25) is 0 Å². The van der Waals surface area contributed by atoms with E-state index in [1.165, 1.54) is 18.4 Å². The standard InChI is InChI=1S/C15H19NO2/c1-2-16(14-8-9-14)11-13-5-3-12(4-6-13)7-10-15(17)18/h3-7,10,14H,2,8-9,11H2,1H3,(H,17,18). The second kappa shape index (κ2) is 5.83. The molecule has 2 rings (SSSR count). The fourth-order valence-electron chi connectivity index (χ4n) is 2.07. The minimum absolute atomic E-state index is 0.779. The predicted octanol–water partition coefficient (Wildman–Crippen LogP) is 2.77. The summed E-state index contributed by atoms with van der Waals surface area (Å²) in [7, 11) is 0. The first-order valence-corrected chi connectivity index (χ1v) is 6.43. The number of benzene rings is 1. The molecule has 18 heavy (non-hydrogen) atoms. The molecule has 1 saturated carbocycles. The molecule has 0 heterocycles. The maximum Gasteiger partial charge on any atom is 0.328 e. The van der Waals surface area contributed by atoms with Gasteiger partial charge < -0.3 is 5.11 Å². The van der Waals surface area contributed by atoms with Gasteiger partial charge in [-0.2, -0.15) is 0 Å². The van der Waals surface area contributed by atoms with Gasteiger partial charge in [0, 0.05) is 18.7 Å². The zero-order valence-electron chi connectivity index (χ0n) is 10.7. The van der Waals surface area contributed by atoms with E-state index in [9.17, 15) is 4.79 Å². The molecule has 3 heteroatoms. The number of carbonyl (C=O) groups is 1. The summed E-state index contributed by atoms with van der Waals surface area (Å²) in [4.78, 5) is 12.9. The van der Waals surface area contributed by atoms with Crippen LogP contribution < -0.4 is 0 Å². The normalized spacial score (nSPS) is 15.4. The van der Waals surface area contributed by atoms with E-state index in [1.54, 1.807) is 6.08 Å². The van der Waals surface area contributed by atoms with Gasteiger partial charge in [-0.1, -0.05) is 31.2 Å². The zero-order chi connectivity index (χ0) is 13.0. The van der Waals surface area contributed by atoms with E-state index in [2.05, 4.69) is 24.0 Å². The third-order valence-corrected chi connectivity index (χ3v) is 3.25. The van der Waals surface area contributed by atoms with Crippen molar-refractivity contribution in [3.63, 3.8) is 0 Å². The average Bonchev–Trinajstić information content (AvgIpc) is 3.19. The molecule has 1 aromatic carbocycles. The van der Waals surface area contributed by atoms with Crippen LogP contribution in [0.1, 0.15) is 30.9 Å². The van der Waals surface area contributed by atoms with Crippen molar-refractivity contribution in [1.29, 1.82) is 0 Å². The SMILES string of the molecule is CCN(Cc1ccc(C=CC(=O)O)cc1)C1CC1. The first-order chi connectivity index (χ1) is 8.69. The summed E-state index contributed by atoms with van der Waals surface area (Å²) in [6.07, 6.45) is 5.43. The molecule has 0 amide bonds. The number of nitrogens with zero attached hydrogens (tertiary/aromatic N) is 1. The van der Waals surface area contributed by atoms with Crippen LogP contribution in [-0.2, 0) is 11.3 Å². The van der Waals surface area contributed by atoms with Gasteiger partial charge in [-0.3, -0.25) is 4.90 Å². The van der Waals surface area contributed by atoms with Crippen molar-refractivity contribution >= 4 is 12.0 Å². The van der Waals surface area contributed by atoms with E-state index in [0.29, 0.717) is 0 Å². The van der Waals surface area contributed by atoms with Gasteiger partial charge in [0.1, 0.15) is 0 Å². The van der Waals surface area contributed by atoms with Crippen LogP contribution in [0.15, 0.2) is 30.3 Å². The molecular formula is C15H19NO2. The van der Waals surface area contributed by atoms with E-state index < -0.39 is 5.97 Å². The fraction of sp³-hybridized carbons (Fsp3) is 0.400. The highest BCUT2D eigenvalue weighted by Crippen LogP contribution is 2.27. The quantitative estimate of drug-likeness (QED) is 0.783. The lowest BCUT2D eigenvalue weighted by atomic mass is 10.1. The van der Waals surface area contributed by atoms with Gasteiger partial charge in [0.15, 0.2) is 0 Å². The molecule has 1 aliphatic carbocycles. The maximum atomic E-state index is 10.4. The zero-order valence-corrected chi connectivity index (χ0v) is 10.7. The Labute approximate surface area is 108 Å². The Morgan fingerprint density at radius 1 is 1.39 bits per heavy atom. The lowest BCUT2D eigenvalue weighted by molar-refractivity contribution is -0.131. The van der Waals surface area contributed by atoms with Gasteiger partial charge in [0.05, 0.1) is 0 Å². The highest BCUT2D eigenvalue weighted by molar-refractivity contribution is 5.85. The topological polar surface area (TPSA) is 40.5 Å². The molecule has 1 fully saturated rings. The highest BCUT2D eigenvalue weighted by Gasteiger charge is 2.27. The van der Waals surface area contributed by atoms with Gasteiger partial charge in [0.2, 0.25) is 0 Å². The molecule has 0 unspecified atom stereocenters. The highest BCUT2D eigenvalue weighted by atomic mass is 16.4. The van der Waals surface area contributed by atoms with Crippen LogP contribution in [-0.4, -0.2) is 28.6 Å². The summed E-state index contributed by atoms with van der Waals surface area (Å²) < 4.78 is 0. The van der Waals surface area contributed by atoms with Crippen molar-refractivity contribution < 1.29 is 9.90 Å². The predicted molar refractivity (Wildman–Crippen MR) is 72.2 cm³/mol. The minimum Gasteiger partial charge on any atom is -0.478 e. The molecule has 1 aromatic rings. The van der Waals surface area contributed by atoms with Crippen LogP contribution in [0.4, 0.5) is 0 Å². The molecule has 0 spiro atoms. The van der Waals surface area contributed by atoms with Crippen molar-refractivity contribution in [2.45, 2.75) is 32.4 Å². The number of hydrogen-bond donors (Lipinski definition) is 1. The smallest absolute Gasteiger partial charge is 0.328 e. The average molecular weight is 245 g/mol. The minimum atomic E-state index is -0.912. The maximum absolute atomic E-state index is 10.4. The summed E-state index contributed by atoms with van der Waals surface area (Å²) in [6.45, 7) is 4.28. The second-order valence-corrected chi connectivity index (χ2v) is 4.71. The number of aliphatic carboxylic acids is 1. The monoisotopic (exact) mass is 245 g/mol. The van der Waals surface area contributed by atoms with Gasteiger partial charge in [-0.15, -0.1) is 0 Å². The molecule has 0 atom stereocenters. The molecular weight excluding hydrogens is 226 g/mol. The third kappa shape index (κ3) is 3.70. The molecule has 1 aliphatic rings. The van der Waals surface area contributed by atoms with Crippen molar-refractivity contribution in [2.24, 2.45) is 0 Å². The number of hydrogen-bond acceptors (Lipinski definition) is 2. The Kier molecular flexibility index (Phi) is 4.15. The lowest BCUT2D eigenvalue weighted by Crippen LogP contribution is -2.24. The van der Waals surface area contributed by atoms with Crippen LogP contribution in [0, 0.1) is 0 Å². The number of rotatable bonds is 6. The Balaban J connectivity index is 1.96. The molecule has 0 aliphatic heterocycles. The number of carboxylic acid groups (broad SMARTS) is 1. The summed E-state index contributed by atoms with van der Waals surface area (Å²) in [5.41, 5.74) is 2.21. The van der Waals surface area contributed by atoms with Crippen LogP contribution in [0.3, 0.4) is 0 Å². The largest absolute Gasteiger partial charge is 0.478 e. The molecule has 0 bridgehead atoms. The molecule has 0 aromatic heterocycles. The molecule has 3 nitrogen and oxygen atoms in total. The van der Waals surface area contributed by atoms with Crippen LogP contribution in [0.25, 0.3) is 6.08 Å². The first-order valence-electron chi connectivity index (χ1n) is 6.43. The van der Waals surface area contributed by atoms with Crippen molar-refractivity contribution in [3.05, 3.63) is 41.5 Å². The van der Waals surface area contributed by atoms with Crippen molar-refractivity contribution in [3.8, 4) is 0 Å². The van der Waals surface area contributed by atoms with E-state index in [1.807, 2.05) is 12.1 Å². The molecule has 0 radical (unpaired) electrons. The molecule has 96 valence electrons.